The third-order valence-electron chi connectivity index (χ3n) is 5.12. The largest absolute Gasteiger partial charge is 0.435 e. The first-order chi connectivity index (χ1) is 16.0. The first kappa shape index (κ1) is 24.1. The number of sulfonamides is 1. The number of hydrogen-bond acceptors (Lipinski definition) is 9. The average Bonchev–Trinajstić information content (AvgIpc) is 3.46. The number of piperazine rings is 1. The van der Waals surface area contributed by atoms with Crippen LogP contribution in [0.25, 0.3) is 10.6 Å². The molecule has 34 heavy (non-hydrogen) atoms. The van der Waals surface area contributed by atoms with Crippen LogP contribution < -0.4 is 10.4 Å². The van der Waals surface area contributed by atoms with Crippen molar-refractivity contribution in [1.29, 1.82) is 0 Å². The summed E-state index contributed by atoms with van der Waals surface area (Å²) in [6.45, 7) is 0.864. The van der Waals surface area contributed by atoms with Crippen LogP contribution in [0.5, 0.6) is 0 Å². The Bertz CT molecular complexity index is 1300. The van der Waals surface area contributed by atoms with Crippen molar-refractivity contribution in [1.82, 2.24) is 29.5 Å². The van der Waals surface area contributed by atoms with Crippen molar-refractivity contribution >= 4 is 33.2 Å². The van der Waals surface area contributed by atoms with Gasteiger partial charge in [-0.1, -0.05) is 0 Å². The number of amides is 1. The summed E-state index contributed by atoms with van der Waals surface area (Å²) >= 11 is 0.874. The summed E-state index contributed by atoms with van der Waals surface area (Å²) < 4.78 is 67.4. The van der Waals surface area contributed by atoms with Gasteiger partial charge in [0.05, 0.1) is 16.1 Å². The van der Waals surface area contributed by atoms with Crippen molar-refractivity contribution in [2.24, 2.45) is 7.05 Å². The molecule has 0 atom stereocenters. The monoisotopic (exact) mass is 517 g/mol. The summed E-state index contributed by atoms with van der Waals surface area (Å²) in [7, 11) is -2.50. The number of aryl methyl sites for hydroxylation is 1. The summed E-state index contributed by atoms with van der Waals surface area (Å²) in [5.41, 5.74) is 0.664. The topological polar surface area (TPSA) is 134 Å². The van der Waals surface area contributed by atoms with Crippen LogP contribution in [-0.4, -0.2) is 69.8 Å². The van der Waals surface area contributed by atoms with Gasteiger partial charge in [-0.15, -0.1) is 11.3 Å². The van der Waals surface area contributed by atoms with Gasteiger partial charge in [0.15, 0.2) is 5.69 Å². The smallest absolute Gasteiger partial charge is 0.338 e. The zero-order valence-electron chi connectivity index (χ0n) is 17.5. The van der Waals surface area contributed by atoms with E-state index < -0.39 is 27.8 Å². The van der Waals surface area contributed by atoms with Gasteiger partial charge in [0.25, 0.3) is 15.9 Å². The van der Waals surface area contributed by atoms with Crippen molar-refractivity contribution in [3.8, 4) is 10.6 Å². The molecule has 0 unspecified atom stereocenters. The Labute approximate surface area is 195 Å². The molecule has 11 nitrogen and oxygen atoms in total. The van der Waals surface area contributed by atoms with Crippen molar-refractivity contribution < 1.29 is 31.6 Å². The zero-order chi connectivity index (χ0) is 24.7. The number of hydrogen-bond donors (Lipinski definition) is 2. The molecule has 3 aromatic rings. The number of anilines is 1. The Morgan fingerprint density at radius 1 is 1.15 bits per heavy atom. The zero-order valence-corrected chi connectivity index (χ0v) is 19.2. The van der Waals surface area contributed by atoms with E-state index in [1.807, 2.05) is 0 Å². The van der Waals surface area contributed by atoms with Crippen LogP contribution in [-0.2, 0) is 23.2 Å². The van der Waals surface area contributed by atoms with E-state index in [-0.39, 0.29) is 28.6 Å². The highest BCUT2D eigenvalue weighted by Gasteiger charge is 2.35. The number of alkyl halides is 3. The molecule has 0 bridgehead atoms. The van der Waals surface area contributed by atoms with Gasteiger partial charge in [-0.05, 0) is 18.2 Å². The van der Waals surface area contributed by atoms with E-state index in [2.05, 4.69) is 15.1 Å². The van der Waals surface area contributed by atoms with Crippen LogP contribution in [0.1, 0.15) is 16.1 Å². The van der Waals surface area contributed by atoms with Gasteiger partial charge in [-0.25, -0.2) is 23.9 Å². The van der Waals surface area contributed by atoms with Gasteiger partial charge in [0, 0.05) is 45.6 Å². The fraction of sp³-hybridized carbons (Fsp3) is 0.333. The minimum atomic E-state index is -4.60. The third-order valence-corrected chi connectivity index (χ3v) is 8.60. The summed E-state index contributed by atoms with van der Waals surface area (Å²) in [4.78, 5) is 21.6. The highest BCUT2D eigenvalue weighted by Crippen LogP contribution is 2.36. The van der Waals surface area contributed by atoms with E-state index >= 15 is 0 Å². The Kier molecular flexibility index (Phi) is 6.32. The number of carbonyl (C=O) groups is 1. The molecule has 182 valence electrons. The molecular weight excluding hydrogens is 499 g/mol. The Balaban J connectivity index is 1.46. The summed E-state index contributed by atoms with van der Waals surface area (Å²) in [6.07, 6.45) is -2.11. The molecular formula is C18H18F3N7O4S2. The molecule has 1 amide bonds. The highest BCUT2D eigenvalue weighted by atomic mass is 32.2. The molecule has 4 rings (SSSR count). The quantitative estimate of drug-likeness (QED) is 0.385. The van der Waals surface area contributed by atoms with E-state index in [4.69, 9.17) is 5.21 Å². The van der Waals surface area contributed by atoms with Crippen LogP contribution in [0, 0.1) is 0 Å². The van der Waals surface area contributed by atoms with Crippen molar-refractivity contribution in [2.45, 2.75) is 10.4 Å². The van der Waals surface area contributed by atoms with Gasteiger partial charge in [-0.2, -0.15) is 22.6 Å². The second-order valence-electron chi connectivity index (χ2n) is 7.26. The highest BCUT2D eigenvalue weighted by molar-refractivity contribution is 7.91. The average molecular weight is 518 g/mol. The molecule has 2 N–H and O–H groups in total. The minimum Gasteiger partial charge on any atom is -0.338 e. The van der Waals surface area contributed by atoms with E-state index in [9.17, 15) is 26.4 Å². The molecule has 0 spiro atoms. The lowest BCUT2D eigenvalue weighted by Gasteiger charge is -2.33. The number of nitrogens with zero attached hydrogens (tertiary/aromatic N) is 6. The van der Waals surface area contributed by atoms with E-state index in [1.165, 1.54) is 41.4 Å². The van der Waals surface area contributed by atoms with E-state index in [0.29, 0.717) is 23.9 Å². The Hall–Kier alpha value is -3.08. The number of halogens is 3. The molecule has 0 aliphatic carbocycles. The predicted molar refractivity (Wildman–Crippen MR) is 114 cm³/mol. The number of aromatic nitrogens is 4. The number of carbonyl (C=O) groups excluding carboxylic acids is 1. The third kappa shape index (κ3) is 4.61. The predicted octanol–water partition coefficient (Wildman–Crippen LogP) is 1.59. The van der Waals surface area contributed by atoms with Crippen LogP contribution in [0.3, 0.4) is 0 Å². The van der Waals surface area contributed by atoms with Crippen LogP contribution >= 0.6 is 11.3 Å². The van der Waals surface area contributed by atoms with Crippen molar-refractivity contribution in [2.75, 3.05) is 31.1 Å². The molecule has 1 aliphatic rings. The summed E-state index contributed by atoms with van der Waals surface area (Å²) in [5.74, 6) is -0.444. The number of thiophene rings is 1. The maximum absolute atomic E-state index is 13.1. The lowest BCUT2D eigenvalue weighted by molar-refractivity contribution is -0.141. The SMILES string of the molecule is Cn1nc(C(F)(F)F)cc1-c1ccc(S(=O)(=O)N2CCN(c3ncc(C(=O)NO)cn3)CC2)s1. The molecule has 1 aliphatic heterocycles. The molecule has 0 saturated carbocycles. The van der Waals surface area contributed by atoms with Crippen molar-refractivity contribution in [3.63, 3.8) is 0 Å². The fourth-order valence-electron chi connectivity index (χ4n) is 3.35. The molecule has 3 aromatic heterocycles. The second kappa shape index (κ2) is 8.94. The number of hydroxylamine groups is 1. The summed E-state index contributed by atoms with van der Waals surface area (Å²) in [6, 6.07) is 3.72. The minimum absolute atomic E-state index is 0.0151. The number of nitrogens with one attached hydrogen (secondary N) is 1. The first-order valence-corrected chi connectivity index (χ1v) is 12.0. The van der Waals surface area contributed by atoms with Gasteiger partial charge >= 0.3 is 6.18 Å². The van der Waals surface area contributed by atoms with E-state index in [0.717, 1.165) is 22.1 Å². The van der Waals surface area contributed by atoms with Crippen molar-refractivity contribution in [3.05, 3.63) is 41.9 Å². The van der Waals surface area contributed by atoms with Gasteiger partial charge in [-0.3, -0.25) is 14.7 Å². The molecule has 1 fully saturated rings. The fourth-order valence-corrected chi connectivity index (χ4v) is 6.28. The molecule has 4 heterocycles. The van der Waals surface area contributed by atoms with Gasteiger partial charge in [0.1, 0.15) is 4.21 Å². The maximum Gasteiger partial charge on any atom is 0.435 e. The molecule has 1 saturated heterocycles. The Morgan fingerprint density at radius 2 is 1.79 bits per heavy atom. The van der Waals surface area contributed by atoms with Crippen LogP contribution in [0.4, 0.5) is 19.1 Å². The van der Waals surface area contributed by atoms with Gasteiger partial charge in [0.2, 0.25) is 5.95 Å². The lowest BCUT2D eigenvalue weighted by Crippen LogP contribution is -2.49. The second-order valence-corrected chi connectivity index (χ2v) is 10.5. The molecule has 0 aromatic carbocycles. The van der Waals surface area contributed by atoms with Crippen LogP contribution in [0.15, 0.2) is 34.8 Å². The molecule has 0 radical (unpaired) electrons. The normalized spacial score (nSPS) is 15.5. The lowest BCUT2D eigenvalue weighted by atomic mass is 10.3. The van der Waals surface area contributed by atoms with Crippen LogP contribution in [0.2, 0.25) is 0 Å². The van der Waals surface area contributed by atoms with Gasteiger partial charge < -0.3 is 4.90 Å². The summed E-state index contributed by atoms with van der Waals surface area (Å²) in [5, 5.41) is 12.1. The first-order valence-electron chi connectivity index (χ1n) is 9.73. The van der Waals surface area contributed by atoms with E-state index in [1.54, 1.807) is 4.90 Å². The standard InChI is InChI=1S/C18H18F3N7O4S2/c1-26-12(8-14(24-26)18(19,20)21)13-2-3-15(33-13)34(31,32)28-6-4-27(5-7-28)17-22-9-11(10-23-17)16(29)25-30/h2-3,8-10,30H,4-7H2,1H3,(H,25,29). The molecule has 16 heteroatoms. The number of rotatable bonds is 5. The Morgan fingerprint density at radius 3 is 2.35 bits per heavy atom. The maximum atomic E-state index is 13.1.